The summed E-state index contributed by atoms with van der Waals surface area (Å²) in [5.74, 6) is 0.394. The van der Waals surface area contributed by atoms with Crippen LogP contribution in [0.2, 0.25) is 0 Å². The van der Waals surface area contributed by atoms with Crippen molar-refractivity contribution in [3.8, 4) is 11.5 Å². The fraction of sp³-hybridized carbons (Fsp3) is 0.553. The summed E-state index contributed by atoms with van der Waals surface area (Å²) in [5.41, 5.74) is 0.00353. The lowest BCUT2D eigenvalue weighted by Crippen LogP contribution is -2.79. The maximum absolute atomic E-state index is 14.2. The monoisotopic (exact) mass is 680 g/mol. The van der Waals surface area contributed by atoms with Crippen LogP contribution in [0.5, 0.6) is 11.5 Å². The first-order valence-corrected chi connectivity index (χ1v) is 17.3. The number of ether oxygens (including phenoxy) is 3. The number of esters is 2. The molecule has 1 spiro atoms. The summed E-state index contributed by atoms with van der Waals surface area (Å²) >= 11 is 0. The summed E-state index contributed by atoms with van der Waals surface area (Å²) in [6.45, 7) is 8.98. The first kappa shape index (κ1) is 33.6. The summed E-state index contributed by atoms with van der Waals surface area (Å²) in [6, 6.07) is 7.98. The minimum absolute atomic E-state index is 0.0790. The van der Waals surface area contributed by atoms with Gasteiger partial charge in [0.1, 0.15) is 11.7 Å². The van der Waals surface area contributed by atoms with Crippen molar-refractivity contribution in [2.75, 3.05) is 19.6 Å². The lowest BCUT2D eigenvalue weighted by atomic mass is 9.48. The van der Waals surface area contributed by atoms with Crippen molar-refractivity contribution >= 4 is 23.9 Å². The molecule has 11 heteroatoms. The van der Waals surface area contributed by atoms with Crippen molar-refractivity contribution in [3.63, 3.8) is 0 Å². The van der Waals surface area contributed by atoms with E-state index in [1.54, 1.807) is 6.07 Å². The SMILES string of the molecule is CC(=O)Oc1ccc2c3c1OC1C(N(CC(C)C)C(=O)C=Cc4ccc(C(F)(F)F)cc4)CC[C@@]4(OC(C)=O)[C@@H](C2)N(CC2CC2)CC[C@]314. The minimum Gasteiger partial charge on any atom is -0.483 e. The topological polar surface area (TPSA) is 85.4 Å². The summed E-state index contributed by atoms with van der Waals surface area (Å²) in [4.78, 5) is 43.8. The Balaban J connectivity index is 1.31. The normalized spacial score (nSPS) is 28.6. The molecule has 7 rings (SSSR count). The lowest BCUT2D eigenvalue weighted by molar-refractivity contribution is -0.224. The number of carbonyl (C=O) groups excluding carboxylic acids is 3. The molecule has 5 atom stereocenters. The molecular formula is C38H43F3N2O6. The van der Waals surface area contributed by atoms with Gasteiger partial charge in [-0.2, -0.15) is 13.2 Å². The second-order valence-corrected chi connectivity index (χ2v) is 14.9. The Morgan fingerprint density at radius 3 is 2.41 bits per heavy atom. The number of carbonyl (C=O) groups is 3. The zero-order valence-corrected chi connectivity index (χ0v) is 28.3. The molecule has 0 radical (unpaired) electrons. The Labute approximate surface area is 284 Å². The van der Waals surface area contributed by atoms with Crippen molar-refractivity contribution in [2.24, 2.45) is 11.8 Å². The zero-order valence-electron chi connectivity index (χ0n) is 28.3. The molecule has 2 saturated carbocycles. The maximum atomic E-state index is 14.2. The van der Waals surface area contributed by atoms with Crippen molar-refractivity contribution < 1.29 is 41.8 Å². The number of nitrogens with zero attached hydrogens (tertiary/aromatic N) is 2. The van der Waals surface area contributed by atoms with E-state index in [9.17, 15) is 27.6 Å². The van der Waals surface area contributed by atoms with Gasteiger partial charge in [-0.3, -0.25) is 19.3 Å². The molecule has 8 nitrogen and oxygen atoms in total. The minimum atomic E-state index is -4.45. The number of rotatable bonds is 9. The van der Waals surface area contributed by atoms with Crippen LogP contribution in [0, 0.1) is 11.8 Å². The highest BCUT2D eigenvalue weighted by Gasteiger charge is 2.76. The third-order valence-corrected chi connectivity index (χ3v) is 11.2. The third-order valence-electron chi connectivity index (χ3n) is 11.2. The van der Waals surface area contributed by atoms with Gasteiger partial charge in [0, 0.05) is 38.6 Å². The highest BCUT2D eigenvalue weighted by atomic mass is 19.4. The van der Waals surface area contributed by atoms with Gasteiger partial charge >= 0.3 is 18.1 Å². The van der Waals surface area contributed by atoms with Crippen LogP contribution in [-0.4, -0.2) is 71.1 Å². The van der Waals surface area contributed by atoms with Gasteiger partial charge in [0.05, 0.1) is 23.1 Å². The number of likely N-dealkylation sites (tertiary alicyclic amines) is 1. The van der Waals surface area contributed by atoms with Gasteiger partial charge in [-0.1, -0.05) is 32.0 Å². The van der Waals surface area contributed by atoms with Crippen LogP contribution < -0.4 is 9.47 Å². The Kier molecular flexibility index (Phi) is 8.36. The Hall–Kier alpha value is -3.86. The Morgan fingerprint density at radius 1 is 1.04 bits per heavy atom. The average Bonchev–Trinajstić information content (AvgIpc) is 3.77. The van der Waals surface area contributed by atoms with E-state index >= 15 is 0 Å². The van der Waals surface area contributed by atoms with Gasteiger partial charge in [-0.15, -0.1) is 0 Å². The smallest absolute Gasteiger partial charge is 0.416 e. The Bertz CT molecular complexity index is 1690. The second-order valence-electron chi connectivity index (χ2n) is 14.9. The summed E-state index contributed by atoms with van der Waals surface area (Å²) < 4.78 is 58.7. The fourth-order valence-corrected chi connectivity index (χ4v) is 9.26. The van der Waals surface area contributed by atoms with Crippen molar-refractivity contribution in [3.05, 3.63) is 64.7 Å². The molecule has 2 heterocycles. The highest BCUT2D eigenvalue weighted by Crippen LogP contribution is 2.67. The summed E-state index contributed by atoms with van der Waals surface area (Å²) in [7, 11) is 0. The second kappa shape index (κ2) is 12.2. The summed E-state index contributed by atoms with van der Waals surface area (Å²) in [6.07, 6.45) is 2.62. The first-order valence-electron chi connectivity index (χ1n) is 17.3. The van der Waals surface area contributed by atoms with E-state index in [0.717, 1.165) is 36.3 Å². The quantitative estimate of drug-likeness (QED) is 0.174. The predicted octanol–water partition coefficient (Wildman–Crippen LogP) is 6.33. The first-order chi connectivity index (χ1) is 23.2. The van der Waals surface area contributed by atoms with E-state index in [-0.39, 0.29) is 23.8 Å². The number of halogens is 3. The molecule has 49 heavy (non-hydrogen) atoms. The molecule has 5 aliphatic rings. The van der Waals surface area contributed by atoms with Crippen LogP contribution in [0.15, 0.2) is 42.5 Å². The maximum Gasteiger partial charge on any atom is 0.416 e. The van der Waals surface area contributed by atoms with E-state index < -0.39 is 40.9 Å². The van der Waals surface area contributed by atoms with Gasteiger partial charge in [0.2, 0.25) is 5.91 Å². The number of benzene rings is 2. The fourth-order valence-electron chi connectivity index (χ4n) is 9.26. The van der Waals surface area contributed by atoms with E-state index in [1.807, 2.05) is 24.8 Å². The van der Waals surface area contributed by atoms with Crippen LogP contribution in [0.1, 0.15) is 82.1 Å². The van der Waals surface area contributed by atoms with E-state index in [0.29, 0.717) is 55.2 Å². The highest BCUT2D eigenvalue weighted by molar-refractivity contribution is 5.92. The van der Waals surface area contributed by atoms with Crippen molar-refractivity contribution in [2.45, 2.75) is 102 Å². The van der Waals surface area contributed by atoms with Crippen LogP contribution in [0.25, 0.3) is 6.08 Å². The molecule has 262 valence electrons. The van der Waals surface area contributed by atoms with Crippen LogP contribution in [-0.2, 0) is 37.1 Å². The van der Waals surface area contributed by atoms with Crippen molar-refractivity contribution in [1.29, 1.82) is 0 Å². The molecule has 2 aromatic carbocycles. The largest absolute Gasteiger partial charge is 0.483 e. The number of piperidine rings is 1. The lowest BCUT2D eigenvalue weighted by Gasteiger charge is -2.65. The van der Waals surface area contributed by atoms with Gasteiger partial charge in [0.15, 0.2) is 11.5 Å². The molecule has 0 aromatic heterocycles. The molecule has 1 amide bonds. The average molecular weight is 681 g/mol. The number of hydrogen-bond acceptors (Lipinski definition) is 7. The van der Waals surface area contributed by atoms with Gasteiger partial charge < -0.3 is 19.1 Å². The number of amides is 1. The molecule has 3 aliphatic carbocycles. The molecule has 0 N–H and O–H groups in total. The van der Waals surface area contributed by atoms with Crippen molar-refractivity contribution in [1.82, 2.24) is 9.80 Å². The Morgan fingerprint density at radius 2 is 1.78 bits per heavy atom. The molecular weight excluding hydrogens is 637 g/mol. The van der Waals surface area contributed by atoms with Gasteiger partial charge in [-0.05, 0) is 92.3 Å². The van der Waals surface area contributed by atoms with E-state index in [2.05, 4.69) is 4.90 Å². The van der Waals surface area contributed by atoms with Gasteiger partial charge in [-0.25, -0.2) is 0 Å². The number of hydrogen-bond donors (Lipinski definition) is 0. The molecule has 2 aliphatic heterocycles. The standard InChI is InChI=1S/C38H43F3N2O6/c1-22(2)20-43(32(46)14-9-25-7-11-28(12-8-25)38(39,40)41)29-15-16-37(49-24(4)45)31-19-27-10-13-30(47-23(3)44)34-33(27)36(37,35(29)48-34)17-18-42(31)21-26-5-6-26/h7-14,22,26,29,31,35H,5-6,15-21H2,1-4H3/t29?,31-,35?,36+,37-/m1/s1. The molecule has 2 aromatic rings. The van der Waals surface area contributed by atoms with Crippen LogP contribution >= 0.6 is 0 Å². The van der Waals surface area contributed by atoms with E-state index in [4.69, 9.17) is 14.2 Å². The molecule has 3 fully saturated rings. The number of alkyl halides is 3. The van der Waals surface area contributed by atoms with Crippen LogP contribution in [0.3, 0.4) is 0 Å². The van der Waals surface area contributed by atoms with E-state index in [1.165, 1.54) is 51.0 Å². The molecule has 2 bridgehead atoms. The zero-order chi connectivity index (χ0) is 34.9. The third kappa shape index (κ3) is 5.71. The summed E-state index contributed by atoms with van der Waals surface area (Å²) in [5, 5.41) is 0. The van der Waals surface area contributed by atoms with Crippen LogP contribution in [0.4, 0.5) is 13.2 Å². The molecule has 2 unspecified atom stereocenters. The predicted molar refractivity (Wildman–Crippen MR) is 175 cm³/mol. The van der Waals surface area contributed by atoms with Gasteiger partial charge in [0.25, 0.3) is 0 Å². The molecule has 1 saturated heterocycles.